The third kappa shape index (κ3) is 2.76. The van der Waals surface area contributed by atoms with Gasteiger partial charge in [-0.1, -0.05) is 13.3 Å². The maximum atomic E-state index is 2.59. The van der Waals surface area contributed by atoms with Gasteiger partial charge in [-0.25, -0.2) is 0 Å². The summed E-state index contributed by atoms with van der Waals surface area (Å²) in [4.78, 5) is 4.94. The molecule has 1 aliphatic rings. The zero-order valence-electron chi connectivity index (χ0n) is 8.71. The molecule has 2 heteroatoms. The van der Waals surface area contributed by atoms with Gasteiger partial charge < -0.3 is 9.80 Å². The quantitative estimate of drug-likeness (QED) is 0.629. The second kappa shape index (κ2) is 4.83. The molecule has 0 amide bonds. The van der Waals surface area contributed by atoms with Crippen molar-refractivity contribution >= 4 is 0 Å². The molecule has 12 heavy (non-hydrogen) atoms. The van der Waals surface area contributed by atoms with Crippen molar-refractivity contribution in [2.75, 3.05) is 33.7 Å². The summed E-state index contributed by atoms with van der Waals surface area (Å²) in [7, 11) is 4.38. The molecule has 2 nitrogen and oxygen atoms in total. The van der Waals surface area contributed by atoms with Crippen molar-refractivity contribution in [1.82, 2.24) is 9.80 Å². The average Bonchev–Trinajstić information content (AvgIpc) is 2.48. The molecule has 0 radical (unpaired) electrons. The van der Waals surface area contributed by atoms with E-state index in [0.29, 0.717) is 0 Å². The van der Waals surface area contributed by atoms with Crippen LogP contribution in [0.4, 0.5) is 0 Å². The normalized spacial score (nSPS) is 25.5. The molecule has 1 aliphatic heterocycles. The minimum absolute atomic E-state index is 0.807. The smallest absolute Gasteiger partial charge is 0.0229 e. The van der Waals surface area contributed by atoms with Gasteiger partial charge in [0.1, 0.15) is 0 Å². The molecule has 0 spiro atoms. The van der Waals surface area contributed by atoms with E-state index in [-0.39, 0.29) is 0 Å². The Labute approximate surface area is 76.5 Å². The minimum atomic E-state index is 0.807. The third-order valence-electron chi connectivity index (χ3n) is 2.81. The fourth-order valence-electron chi connectivity index (χ4n) is 1.82. The Morgan fingerprint density at radius 1 is 1.42 bits per heavy atom. The summed E-state index contributed by atoms with van der Waals surface area (Å²) in [5.41, 5.74) is 0. The summed E-state index contributed by atoms with van der Waals surface area (Å²) in [5, 5.41) is 0. The summed E-state index contributed by atoms with van der Waals surface area (Å²) in [6.07, 6.45) is 4.04. The monoisotopic (exact) mass is 170 g/mol. The van der Waals surface area contributed by atoms with Crippen molar-refractivity contribution in [2.45, 2.75) is 32.2 Å². The van der Waals surface area contributed by atoms with E-state index in [9.17, 15) is 0 Å². The van der Waals surface area contributed by atoms with Crippen molar-refractivity contribution in [3.63, 3.8) is 0 Å². The molecule has 0 aromatic rings. The Morgan fingerprint density at radius 3 is 2.67 bits per heavy atom. The van der Waals surface area contributed by atoms with Crippen molar-refractivity contribution in [2.24, 2.45) is 0 Å². The molecule has 1 unspecified atom stereocenters. The molecule has 1 heterocycles. The number of rotatable bonds is 4. The van der Waals surface area contributed by atoms with Gasteiger partial charge in [-0.3, -0.25) is 0 Å². The Kier molecular flexibility index (Phi) is 4.02. The minimum Gasteiger partial charge on any atom is -0.305 e. The number of unbranched alkanes of at least 4 members (excludes halogenated alkanes) is 1. The van der Waals surface area contributed by atoms with Crippen LogP contribution in [0.5, 0.6) is 0 Å². The molecule has 0 aromatic carbocycles. The first-order valence-corrected chi connectivity index (χ1v) is 5.12. The van der Waals surface area contributed by atoms with Crippen molar-refractivity contribution < 1.29 is 0 Å². The molecule has 0 N–H and O–H groups in total. The lowest BCUT2D eigenvalue weighted by molar-refractivity contribution is 0.267. The van der Waals surface area contributed by atoms with E-state index in [0.717, 1.165) is 6.04 Å². The van der Waals surface area contributed by atoms with Crippen LogP contribution in [-0.2, 0) is 0 Å². The summed E-state index contributed by atoms with van der Waals surface area (Å²) in [5.74, 6) is 0. The lowest BCUT2D eigenvalue weighted by Gasteiger charge is -2.20. The highest BCUT2D eigenvalue weighted by molar-refractivity contribution is 4.80. The van der Waals surface area contributed by atoms with E-state index in [4.69, 9.17) is 0 Å². The maximum Gasteiger partial charge on any atom is 0.0229 e. The topological polar surface area (TPSA) is 6.48 Å². The van der Waals surface area contributed by atoms with E-state index in [1.165, 1.54) is 38.9 Å². The molecule has 1 rings (SSSR count). The van der Waals surface area contributed by atoms with Crippen molar-refractivity contribution in [1.29, 1.82) is 0 Å². The van der Waals surface area contributed by atoms with Crippen LogP contribution >= 0.6 is 0 Å². The van der Waals surface area contributed by atoms with Crippen LogP contribution in [0.15, 0.2) is 0 Å². The van der Waals surface area contributed by atoms with Gasteiger partial charge in [0.05, 0.1) is 0 Å². The van der Waals surface area contributed by atoms with Gasteiger partial charge in [0.15, 0.2) is 0 Å². The van der Waals surface area contributed by atoms with Crippen LogP contribution in [0.3, 0.4) is 0 Å². The van der Waals surface area contributed by atoms with Gasteiger partial charge in [-0.2, -0.15) is 0 Å². The van der Waals surface area contributed by atoms with Crippen molar-refractivity contribution in [3.05, 3.63) is 0 Å². The third-order valence-corrected chi connectivity index (χ3v) is 2.81. The first-order chi connectivity index (χ1) is 5.74. The fraction of sp³-hybridized carbons (Fsp3) is 1.00. The van der Waals surface area contributed by atoms with E-state index < -0.39 is 0 Å². The lowest BCUT2D eigenvalue weighted by atomic mass is 10.2. The Morgan fingerprint density at radius 2 is 2.17 bits per heavy atom. The lowest BCUT2D eigenvalue weighted by Crippen LogP contribution is -2.31. The summed E-state index contributed by atoms with van der Waals surface area (Å²) in [6, 6.07) is 0.807. The summed E-state index contributed by atoms with van der Waals surface area (Å²) < 4.78 is 0. The van der Waals surface area contributed by atoms with Gasteiger partial charge in [0, 0.05) is 12.6 Å². The van der Waals surface area contributed by atoms with Gasteiger partial charge >= 0.3 is 0 Å². The van der Waals surface area contributed by atoms with Gasteiger partial charge in [0.2, 0.25) is 0 Å². The molecular formula is C10H22N2. The van der Waals surface area contributed by atoms with E-state index in [1.54, 1.807) is 0 Å². The Bertz CT molecular complexity index is 123. The van der Waals surface area contributed by atoms with Crippen LogP contribution < -0.4 is 0 Å². The van der Waals surface area contributed by atoms with Crippen LogP contribution in [0, 0.1) is 0 Å². The summed E-state index contributed by atoms with van der Waals surface area (Å²) >= 11 is 0. The molecule has 0 bridgehead atoms. The highest BCUT2D eigenvalue weighted by atomic mass is 15.2. The Balaban J connectivity index is 2.17. The number of nitrogens with zero attached hydrogens (tertiary/aromatic N) is 2. The molecule has 72 valence electrons. The zero-order valence-corrected chi connectivity index (χ0v) is 8.71. The number of hydrogen-bond donors (Lipinski definition) is 0. The van der Waals surface area contributed by atoms with Crippen LogP contribution in [0.25, 0.3) is 0 Å². The Hall–Kier alpha value is -0.0800. The molecule has 0 aliphatic carbocycles. The van der Waals surface area contributed by atoms with Gasteiger partial charge in [-0.15, -0.1) is 0 Å². The fourth-order valence-corrected chi connectivity index (χ4v) is 1.82. The van der Waals surface area contributed by atoms with Crippen LogP contribution in [0.2, 0.25) is 0 Å². The molecular weight excluding hydrogens is 148 g/mol. The van der Waals surface area contributed by atoms with Crippen molar-refractivity contribution in [3.8, 4) is 0 Å². The average molecular weight is 170 g/mol. The molecule has 0 saturated carbocycles. The first kappa shape index (κ1) is 10.0. The number of likely N-dealkylation sites (N-methyl/N-ethyl adjacent to an activating group) is 1. The molecule has 1 fully saturated rings. The van der Waals surface area contributed by atoms with E-state index in [2.05, 4.69) is 30.8 Å². The molecule has 1 saturated heterocycles. The zero-order chi connectivity index (χ0) is 8.97. The molecule has 1 atom stereocenters. The first-order valence-electron chi connectivity index (χ1n) is 5.12. The van der Waals surface area contributed by atoms with Gasteiger partial charge in [0.25, 0.3) is 0 Å². The van der Waals surface area contributed by atoms with Gasteiger partial charge in [-0.05, 0) is 40.0 Å². The maximum absolute atomic E-state index is 2.59. The standard InChI is InChI=1S/C10H22N2/c1-4-5-7-12-8-6-10(9-12)11(2)3/h10H,4-9H2,1-3H3. The van der Waals surface area contributed by atoms with E-state index in [1.807, 2.05) is 0 Å². The summed E-state index contributed by atoms with van der Waals surface area (Å²) in [6.45, 7) is 6.16. The van der Waals surface area contributed by atoms with Crippen LogP contribution in [0.1, 0.15) is 26.2 Å². The predicted octanol–water partition coefficient (Wildman–Crippen LogP) is 1.42. The largest absolute Gasteiger partial charge is 0.305 e. The van der Waals surface area contributed by atoms with Crippen LogP contribution in [-0.4, -0.2) is 49.6 Å². The molecule has 0 aromatic heterocycles. The highest BCUT2D eigenvalue weighted by Crippen LogP contribution is 2.13. The second-order valence-electron chi connectivity index (χ2n) is 4.06. The number of hydrogen-bond acceptors (Lipinski definition) is 2. The predicted molar refractivity (Wildman–Crippen MR) is 53.4 cm³/mol. The number of likely N-dealkylation sites (tertiary alicyclic amines) is 1. The second-order valence-corrected chi connectivity index (χ2v) is 4.06. The SMILES string of the molecule is CCCCN1CCC(N(C)C)C1. The van der Waals surface area contributed by atoms with E-state index >= 15 is 0 Å². The highest BCUT2D eigenvalue weighted by Gasteiger charge is 2.22.